The molecule has 5 rings (SSSR count). The summed E-state index contributed by atoms with van der Waals surface area (Å²) in [6, 6.07) is 13.0. The molecule has 0 fully saturated rings. The zero-order chi connectivity index (χ0) is 23.3. The molecule has 6 nitrogen and oxygen atoms in total. The third kappa shape index (κ3) is 3.71. The molecular weight excluding hydrogens is 437 g/mol. The Labute approximate surface area is 185 Å². The maximum atomic E-state index is 13.0. The summed E-state index contributed by atoms with van der Waals surface area (Å²) in [6.07, 6.45) is -3.03. The molecule has 2 aliphatic rings. The highest BCUT2D eigenvalue weighted by Gasteiger charge is 2.33. The lowest BCUT2D eigenvalue weighted by Gasteiger charge is -2.14. The van der Waals surface area contributed by atoms with Gasteiger partial charge in [0.2, 0.25) is 0 Å². The van der Waals surface area contributed by atoms with E-state index in [0.717, 1.165) is 28.3 Å². The van der Waals surface area contributed by atoms with Gasteiger partial charge in [0.05, 0.1) is 28.1 Å². The van der Waals surface area contributed by atoms with E-state index in [1.54, 1.807) is 37.3 Å². The van der Waals surface area contributed by atoms with Crippen LogP contribution in [0.25, 0.3) is 17.4 Å². The lowest BCUT2D eigenvalue weighted by Crippen LogP contribution is -2.21. The number of anilines is 1. The van der Waals surface area contributed by atoms with Crippen LogP contribution in [0.15, 0.2) is 69.7 Å². The number of cyclic esters (lactones) is 1. The Morgan fingerprint density at radius 1 is 1.06 bits per heavy atom. The van der Waals surface area contributed by atoms with Crippen molar-refractivity contribution in [3.05, 3.63) is 82.6 Å². The van der Waals surface area contributed by atoms with E-state index in [4.69, 9.17) is 9.15 Å². The third-order valence-electron chi connectivity index (χ3n) is 5.36. The number of esters is 1. The molecule has 33 heavy (non-hydrogen) atoms. The van der Waals surface area contributed by atoms with Crippen LogP contribution >= 0.6 is 0 Å². The van der Waals surface area contributed by atoms with E-state index < -0.39 is 17.6 Å². The maximum Gasteiger partial charge on any atom is 0.416 e. The largest absolute Gasteiger partial charge is 0.457 e. The van der Waals surface area contributed by atoms with Crippen molar-refractivity contribution in [1.29, 1.82) is 0 Å². The summed E-state index contributed by atoms with van der Waals surface area (Å²) < 4.78 is 50.0. The molecular formula is C24H15F3N2O4. The number of halogens is 3. The van der Waals surface area contributed by atoms with Gasteiger partial charge in [-0.05, 0) is 55.5 Å². The molecule has 0 N–H and O–H groups in total. The van der Waals surface area contributed by atoms with Gasteiger partial charge in [0.25, 0.3) is 5.91 Å². The second-order valence-corrected chi connectivity index (χ2v) is 7.56. The van der Waals surface area contributed by atoms with Gasteiger partial charge < -0.3 is 9.15 Å². The number of rotatable bonds is 3. The van der Waals surface area contributed by atoms with Crippen LogP contribution in [0.1, 0.15) is 34.2 Å². The first-order chi connectivity index (χ1) is 15.7. The topological polar surface area (TPSA) is 72.1 Å². The predicted octanol–water partition coefficient (Wildman–Crippen LogP) is 5.44. The van der Waals surface area contributed by atoms with E-state index >= 15 is 0 Å². The number of hydrogen-bond donors (Lipinski definition) is 0. The number of hydrazone groups is 1. The van der Waals surface area contributed by atoms with E-state index in [9.17, 15) is 22.8 Å². The Morgan fingerprint density at radius 3 is 2.67 bits per heavy atom. The summed E-state index contributed by atoms with van der Waals surface area (Å²) in [5.74, 6) is -0.0143. The molecule has 0 saturated carbocycles. The standard InChI is InChI=1S/C24H15F3N2O4/c1-13-20(22(30)29(28-13)17-4-2-3-16(10-17)24(25,26)27)11-18-6-8-21(33-18)14-5-7-19-15(9-14)12-32-23(19)31/h2-11H,12H2,1H3/b20-11-. The second-order valence-electron chi connectivity index (χ2n) is 7.56. The van der Waals surface area contributed by atoms with Crippen LogP contribution in [0.5, 0.6) is 0 Å². The van der Waals surface area contributed by atoms with Crippen LogP contribution < -0.4 is 5.01 Å². The molecule has 0 unspecified atom stereocenters. The number of nitrogens with zero attached hydrogens (tertiary/aromatic N) is 2. The number of furan rings is 1. The molecule has 0 saturated heterocycles. The highest BCUT2D eigenvalue weighted by Crippen LogP contribution is 2.34. The fraction of sp³-hybridized carbons (Fsp3) is 0.125. The van der Waals surface area contributed by atoms with Crippen molar-refractivity contribution in [2.45, 2.75) is 19.7 Å². The van der Waals surface area contributed by atoms with E-state index in [0.29, 0.717) is 22.8 Å². The van der Waals surface area contributed by atoms with Gasteiger partial charge in [-0.25, -0.2) is 4.79 Å². The predicted molar refractivity (Wildman–Crippen MR) is 113 cm³/mol. The Bertz CT molecular complexity index is 1370. The normalized spacial score (nSPS) is 16.9. The molecule has 166 valence electrons. The van der Waals surface area contributed by atoms with Gasteiger partial charge in [-0.1, -0.05) is 12.1 Å². The Morgan fingerprint density at radius 2 is 1.88 bits per heavy atom. The molecule has 0 spiro atoms. The summed E-state index contributed by atoms with van der Waals surface area (Å²) in [4.78, 5) is 24.5. The molecule has 1 aromatic heterocycles. The number of benzene rings is 2. The molecule has 0 aliphatic carbocycles. The molecule has 0 radical (unpaired) electrons. The average Bonchev–Trinajstić information content (AvgIpc) is 3.48. The average molecular weight is 452 g/mol. The molecule has 2 aliphatic heterocycles. The monoisotopic (exact) mass is 452 g/mol. The lowest BCUT2D eigenvalue weighted by molar-refractivity contribution is -0.137. The number of ether oxygens (including phenoxy) is 1. The summed E-state index contributed by atoms with van der Waals surface area (Å²) in [7, 11) is 0. The van der Waals surface area contributed by atoms with Crippen molar-refractivity contribution in [3.8, 4) is 11.3 Å². The fourth-order valence-electron chi connectivity index (χ4n) is 3.69. The molecule has 2 aromatic carbocycles. The number of amides is 1. The number of fused-ring (bicyclic) bond motifs is 1. The van der Waals surface area contributed by atoms with Crippen LogP contribution in [0.3, 0.4) is 0 Å². The van der Waals surface area contributed by atoms with Crippen molar-refractivity contribution < 1.29 is 31.9 Å². The number of hydrogen-bond acceptors (Lipinski definition) is 5. The van der Waals surface area contributed by atoms with Gasteiger partial charge in [0, 0.05) is 11.1 Å². The third-order valence-corrected chi connectivity index (χ3v) is 5.36. The van der Waals surface area contributed by atoms with Crippen molar-refractivity contribution in [1.82, 2.24) is 0 Å². The number of carbonyl (C=O) groups excluding carboxylic acids is 2. The SMILES string of the molecule is CC1=NN(c2cccc(C(F)(F)F)c2)C(=O)/C1=C\c1ccc(-c2ccc3c(c2)COC3=O)o1. The van der Waals surface area contributed by atoms with Crippen molar-refractivity contribution in [3.63, 3.8) is 0 Å². The summed E-state index contributed by atoms with van der Waals surface area (Å²) >= 11 is 0. The Balaban J connectivity index is 1.41. The van der Waals surface area contributed by atoms with Gasteiger partial charge in [0.15, 0.2) is 0 Å². The minimum Gasteiger partial charge on any atom is -0.457 e. The van der Waals surface area contributed by atoms with Crippen LogP contribution in [0.2, 0.25) is 0 Å². The zero-order valence-corrected chi connectivity index (χ0v) is 17.1. The first-order valence-corrected chi connectivity index (χ1v) is 9.90. The summed E-state index contributed by atoms with van der Waals surface area (Å²) in [5, 5.41) is 5.07. The Kier molecular flexibility index (Phi) is 4.70. The summed E-state index contributed by atoms with van der Waals surface area (Å²) in [6.45, 7) is 1.80. The molecule has 1 amide bonds. The van der Waals surface area contributed by atoms with Gasteiger partial charge in [0.1, 0.15) is 18.1 Å². The lowest BCUT2D eigenvalue weighted by atomic mass is 10.0. The second kappa shape index (κ2) is 7.47. The number of carbonyl (C=O) groups is 2. The van der Waals surface area contributed by atoms with Gasteiger partial charge in [-0.2, -0.15) is 23.3 Å². The van der Waals surface area contributed by atoms with Crippen LogP contribution in [0.4, 0.5) is 18.9 Å². The molecule has 9 heteroatoms. The summed E-state index contributed by atoms with van der Waals surface area (Å²) in [5.41, 5.74) is 1.74. The Hall–Kier alpha value is -4.14. The molecule has 0 bridgehead atoms. The quantitative estimate of drug-likeness (QED) is 0.392. The van der Waals surface area contributed by atoms with E-state index in [1.165, 1.54) is 18.2 Å². The first kappa shape index (κ1) is 20.7. The van der Waals surface area contributed by atoms with Gasteiger partial charge in [-0.3, -0.25) is 4.79 Å². The van der Waals surface area contributed by atoms with E-state index in [1.807, 2.05) is 0 Å². The molecule has 0 atom stereocenters. The number of alkyl halides is 3. The van der Waals surface area contributed by atoms with Gasteiger partial charge >= 0.3 is 12.1 Å². The first-order valence-electron chi connectivity index (χ1n) is 9.90. The zero-order valence-electron chi connectivity index (χ0n) is 17.1. The molecule has 3 heterocycles. The van der Waals surface area contributed by atoms with Crippen molar-refractivity contribution in [2.75, 3.05) is 5.01 Å². The van der Waals surface area contributed by atoms with Crippen LogP contribution in [-0.4, -0.2) is 17.6 Å². The minimum absolute atomic E-state index is 0.0209. The van der Waals surface area contributed by atoms with Crippen LogP contribution in [0, 0.1) is 0 Å². The highest BCUT2D eigenvalue weighted by atomic mass is 19.4. The van der Waals surface area contributed by atoms with Crippen molar-refractivity contribution >= 4 is 29.4 Å². The fourth-order valence-corrected chi connectivity index (χ4v) is 3.69. The van der Waals surface area contributed by atoms with Gasteiger partial charge in [-0.15, -0.1) is 0 Å². The maximum absolute atomic E-state index is 13.0. The van der Waals surface area contributed by atoms with Crippen LogP contribution in [-0.2, 0) is 22.3 Å². The minimum atomic E-state index is -4.53. The molecule has 3 aromatic rings. The van der Waals surface area contributed by atoms with Crippen molar-refractivity contribution in [2.24, 2.45) is 5.10 Å². The highest BCUT2D eigenvalue weighted by molar-refractivity contribution is 6.32. The van der Waals surface area contributed by atoms with E-state index in [-0.39, 0.29) is 23.8 Å². The smallest absolute Gasteiger partial charge is 0.416 e. The van der Waals surface area contributed by atoms with E-state index in [2.05, 4.69) is 5.10 Å².